The molecule has 29 heavy (non-hydrogen) atoms. The normalized spacial score (nSPS) is 33.0. The molecule has 0 bridgehead atoms. The van der Waals surface area contributed by atoms with Gasteiger partial charge in [-0.05, 0) is 13.1 Å². The molecule has 0 saturated carbocycles. The zero-order valence-electron chi connectivity index (χ0n) is 16.3. The Bertz CT molecular complexity index is 795. The molecular formula is C19H26N2O8. The van der Waals surface area contributed by atoms with Gasteiger partial charge in [-0.25, -0.2) is 4.79 Å². The molecule has 5 atom stereocenters. The maximum absolute atomic E-state index is 12.4. The highest BCUT2D eigenvalue weighted by Crippen LogP contribution is 2.49. The van der Waals surface area contributed by atoms with Crippen LogP contribution in [-0.2, 0) is 9.47 Å². The molecular weight excluding hydrogens is 384 g/mol. The van der Waals surface area contributed by atoms with E-state index in [1.807, 2.05) is 7.05 Å². The number of phenolic OH excluding ortho intramolecular Hbond substituents is 2. The third kappa shape index (κ3) is 3.40. The van der Waals surface area contributed by atoms with Gasteiger partial charge in [0.05, 0.1) is 18.8 Å². The number of fused-ring (bicyclic) bond motifs is 3. The Morgan fingerprint density at radius 2 is 1.86 bits per heavy atom. The number of piperazine rings is 1. The molecule has 0 amide bonds. The quantitative estimate of drug-likeness (QED) is 0.463. The number of hydrogen-bond acceptors (Lipinski definition) is 10. The van der Waals surface area contributed by atoms with Gasteiger partial charge in [-0.2, -0.15) is 0 Å². The topological polar surface area (TPSA) is 132 Å². The Balaban J connectivity index is 1.65. The number of hydrogen-bond donors (Lipinski definition) is 4. The number of phenols is 2. The first kappa shape index (κ1) is 20.2. The number of aliphatic hydroxyl groups excluding tert-OH is 2. The molecule has 2 fully saturated rings. The first-order valence-corrected chi connectivity index (χ1v) is 9.58. The highest BCUT2D eigenvalue weighted by atomic mass is 16.6. The third-order valence-electron chi connectivity index (χ3n) is 5.95. The summed E-state index contributed by atoms with van der Waals surface area (Å²) < 4.78 is 16.4. The zero-order valence-corrected chi connectivity index (χ0v) is 16.3. The van der Waals surface area contributed by atoms with E-state index in [9.17, 15) is 25.2 Å². The first-order chi connectivity index (χ1) is 13.8. The second-order valence-electron chi connectivity index (χ2n) is 7.79. The number of carbonyl (C=O) groups is 1. The van der Waals surface area contributed by atoms with Crippen LogP contribution in [0.4, 0.5) is 0 Å². The predicted molar refractivity (Wildman–Crippen MR) is 99.1 cm³/mol. The number of carbonyl (C=O) groups excluding carboxylic acids is 1. The summed E-state index contributed by atoms with van der Waals surface area (Å²) in [6.07, 6.45) is -5.59. The molecule has 0 spiro atoms. The minimum absolute atomic E-state index is 0.0658. The fourth-order valence-corrected chi connectivity index (χ4v) is 4.24. The van der Waals surface area contributed by atoms with Crippen LogP contribution in [0.3, 0.4) is 0 Å². The molecule has 4 N–H and O–H groups in total. The number of aliphatic hydroxyl groups is 2. The molecule has 1 aromatic rings. The van der Waals surface area contributed by atoms with Crippen molar-refractivity contribution in [3.05, 3.63) is 17.2 Å². The number of rotatable bonds is 3. The molecule has 10 heteroatoms. The molecule has 2 saturated heterocycles. The van der Waals surface area contributed by atoms with E-state index in [1.165, 1.54) is 7.11 Å². The summed E-state index contributed by atoms with van der Waals surface area (Å²) in [5.41, 5.74) is 0.0132. The van der Waals surface area contributed by atoms with Gasteiger partial charge in [-0.1, -0.05) is 0 Å². The van der Waals surface area contributed by atoms with Crippen molar-refractivity contribution < 1.29 is 39.4 Å². The summed E-state index contributed by atoms with van der Waals surface area (Å²) in [4.78, 5) is 16.7. The largest absolute Gasteiger partial charge is 0.504 e. The standard InChI is InChI=1S/C19H26N2O8/c1-20-3-5-21(6-4-20)8-11-13(23)15(25)18-17(28-11)12-9(19(26)29-18)7-10(22)16(27-2)14(12)24/h7,11,13,15,17-18,22-25H,3-6,8H2,1-2H3/t11-,13-,15+,17+,18-/m1/s1. The lowest BCUT2D eigenvalue weighted by Crippen LogP contribution is -2.60. The minimum atomic E-state index is -1.39. The summed E-state index contributed by atoms with van der Waals surface area (Å²) in [6.45, 7) is 3.75. The van der Waals surface area contributed by atoms with E-state index in [1.54, 1.807) is 0 Å². The first-order valence-electron chi connectivity index (χ1n) is 9.58. The van der Waals surface area contributed by atoms with E-state index >= 15 is 0 Å². The molecule has 10 nitrogen and oxygen atoms in total. The second kappa shape index (κ2) is 7.62. The lowest BCUT2D eigenvalue weighted by Gasteiger charge is -2.46. The van der Waals surface area contributed by atoms with Crippen molar-refractivity contribution >= 4 is 5.97 Å². The molecule has 160 valence electrons. The number of ether oxygens (including phenoxy) is 3. The van der Waals surface area contributed by atoms with Gasteiger partial charge in [0.15, 0.2) is 17.6 Å². The number of esters is 1. The second-order valence-corrected chi connectivity index (χ2v) is 7.79. The Hall–Kier alpha value is -2.11. The fraction of sp³-hybridized carbons (Fsp3) is 0.632. The van der Waals surface area contributed by atoms with E-state index < -0.39 is 48.0 Å². The average molecular weight is 410 g/mol. The van der Waals surface area contributed by atoms with Crippen molar-refractivity contribution in [1.29, 1.82) is 0 Å². The van der Waals surface area contributed by atoms with E-state index in [4.69, 9.17) is 14.2 Å². The fourth-order valence-electron chi connectivity index (χ4n) is 4.24. The summed E-state index contributed by atoms with van der Waals surface area (Å²) in [5, 5.41) is 41.9. The highest BCUT2D eigenvalue weighted by Gasteiger charge is 2.52. The summed E-state index contributed by atoms with van der Waals surface area (Å²) >= 11 is 0. The van der Waals surface area contributed by atoms with Gasteiger partial charge in [0.2, 0.25) is 5.75 Å². The molecule has 1 aromatic carbocycles. The van der Waals surface area contributed by atoms with Gasteiger partial charge in [-0.15, -0.1) is 0 Å². The third-order valence-corrected chi connectivity index (χ3v) is 5.95. The number of aromatic hydroxyl groups is 2. The van der Waals surface area contributed by atoms with E-state index in [-0.39, 0.29) is 16.9 Å². The molecule has 0 aromatic heterocycles. The van der Waals surface area contributed by atoms with Crippen molar-refractivity contribution in [2.75, 3.05) is 46.9 Å². The Kier molecular flexibility index (Phi) is 5.30. The van der Waals surface area contributed by atoms with Crippen LogP contribution in [0.25, 0.3) is 0 Å². The SMILES string of the molecule is COc1c(O)cc2c(c1O)[C@@H]1O[C@H](CN3CCN(C)CC3)[C@@H](O)[C@H](O)[C@H]1OC2=O. The number of likely N-dealkylation sites (N-methyl/N-ethyl adjacent to an activating group) is 1. The molecule has 3 heterocycles. The van der Waals surface area contributed by atoms with E-state index in [0.29, 0.717) is 6.54 Å². The van der Waals surface area contributed by atoms with Gasteiger partial charge >= 0.3 is 5.97 Å². The van der Waals surface area contributed by atoms with Crippen molar-refractivity contribution in [3.8, 4) is 17.2 Å². The lowest BCUT2D eigenvalue weighted by atomic mass is 9.86. The van der Waals surface area contributed by atoms with Gasteiger partial charge in [0.25, 0.3) is 0 Å². The van der Waals surface area contributed by atoms with Crippen LogP contribution in [0.2, 0.25) is 0 Å². The van der Waals surface area contributed by atoms with Gasteiger partial charge in [-0.3, -0.25) is 4.90 Å². The van der Waals surface area contributed by atoms with E-state index in [2.05, 4.69) is 9.80 Å². The maximum Gasteiger partial charge on any atom is 0.339 e. The lowest BCUT2D eigenvalue weighted by molar-refractivity contribution is -0.232. The number of methoxy groups -OCH3 is 1. The van der Waals surface area contributed by atoms with Crippen molar-refractivity contribution in [3.63, 3.8) is 0 Å². The van der Waals surface area contributed by atoms with Crippen LogP contribution >= 0.6 is 0 Å². The molecule has 3 aliphatic heterocycles. The molecule has 0 aliphatic carbocycles. The van der Waals surface area contributed by atoms with Crippen LogP contribution < -0.4 is 4.74 Å². The van der Waals surface area contributed by atoms with Crippen molar-refractivity contribution in [2.24, 2.45) is 0 Å². The van der Waals surface area contributed by atoms with Gasteiger partial charge in [0, 0.05) is 38.3 Å². The maximum atomic E-state index is 12.4. The Morgan fingerprint density at radius 3 is 2.52 bits per heavy atom. The van der Waals surface area contributed by atoms with Gasteiger partial charge in [0.1, 0.15) is 18.3 Å². The van der Waals surface area contributed by atoms with Crippen molar-refractivity contribution in [2.45, 2.75) is 30.5 Å². The van der Waals surface area contributed by atoms with E-state index in [0.717, 1.165) is 32.2 Å². The Morgan fingerprint density at radius 1 is 1.17 bits per heavy atom. The molecule has 0 radical (unpaired) electrons. The Labute approximate surface area is 167 Å². The predicted octanol–water partition coefficient (Wildman–Crippen LogP) is -0.945. The summed E-state index contributed by atoms with van der Waals surface area (Å²) in [5.74, 6) is -1.89. The summed E-state index contributed by atoms with van der Waals surface area (Å²) in [7, 11) is 3.31. The molecule has 3 aliphatic rings. The van der Waals surface area contributed by atoms with Crippen LogP contribution in [-0.4, -0.2) is 107 Å². The summed E-state index contributed by atoms with van der Waals surface area (Å²) in [6, 6.07) is 1.14. The smallest absolute Gasteiger partial charge is 0.339 e. The van der Waals surface area contributed by atoms with Crippen molar-refractivity contribution in [1.82, 2.24) is 9.80 Å². The average Bonchev–Trinajstić information content (AvgIpc) is 2.69. The van der Waals surface area contributed by atoms with Crippen LogP contribution in [0.5, 0.6) is 17.2 Å². The number of nitrogens with zero attached hydrogens (tertiary/aromatic N) is 2. The highest BCUT2D eigenvalue weighted by molar-refractivity contribution is 5.95. The monoisotopic (exact) mass is 410 g/mol. The van der Waals surface area contributed by atoms with Gasteiger partial charge < -0.3 is 39.5 Å². The zero-order chi connectivity index (χ0) is 20.9. The molecule has 0 unspecified atom stereocenters. The van der Waals surface area contributed by atoms with Crippen LogP contribution in [0, 0.1) is 0 Å². The minimum Gasteiger partial charge on any atom is -0.504 e. The van der Waals surface area contributed by atoms with Crippen LogP contribution in [0.15, 0.2) is 6.07 Å². The van der Waals surface area contributed by atoms with Crippen LogP contribution in [0.1, 0.15) is 22.0 Å². The molecule has 4 rings (SSSR count). The number of benzene rings is 1.